The molecule has 0 unspecified atom stereocenters. The minimum Gasteiger partial charge on any atom is -0.310 e. The smallest absolute Gasteiger partial charge is 0.267 e. The highest BCUT2D eigenvalue weighted by Crippen LogP contribution is 2.20. The minimum atomic E-state index is -3.96. The van der Waals surface area contributed by atoms with E-state index in [4.69, 9.17) is 5.41 Å². The molecular formula is C21H20N4O3S. The number of fused-ring (bicyclic) bond motifs is 2. The van der Waals surface area contributed by atoms with Crippen LogP contribution >= 0.6 is 0 Å². The first-order chi connectivity index (χ1) is 13.9. The topological polar surface area (TPSA) is 97.3 Å². The third kappa shape index (κ3) is 3.15. The van der Waals surface area contributed by atoms with Crippen molar-refractivity contribution in [1.82, 2.24) is 14.0 Å². The zero-order valence-corrected chi connectivity index (χ0v) is 16.7. The molecule has 3 aromatic heterocycles. The average molecular weight is 408 g/mol. The van der Waals surface area contributed by atoms with Crippen LogP contribution in [0.25, 0.3) is 16.7 Å². The maximum atomic E-state index is 13.2. The molecule has 7 nitrogen and oxygen atoms in total. The van der Waals surface area contributed by atoms with E-state index in [1.54, 1.807) is 42.6 Å². The molecule has 29 heavy (non-hydrogen) atoms. The summed E-state index contributed by atoms with van der Waals surface area (Å²) in [4.78, 5) is 17.5. The van der Waals surface area contributed by atoms with E-state index >= 15 is 0 Å². The van der Waals surface area contributed by atoms with Crippen LogP contribution in [0.5, 0.6) is 0 Å². The number of unbranched alkanes of at least 4 members (excludes halogenated alkanes) is 1. The number of pyridine rings is 2. The van der Waals surface area contributed by atoms with Gasteiger partial charge in [0.1, 0.15) is 21.7 Å². The van der Waals surface area contributed by atoms with Crippen molar-refractivity contribution < 1.29 is 8.42 Å². The summed E-state index contributed by atoms with van der Waals surface area (Å²) in [7, 11) is -3.96. The number of nitrogens with zero attached hydrogens (tertiary/aromatic N) is 3. The number of aromatic nitrogens is 3. The second-order valence-electron chi connectivity index (χ2n) is 6.76. The van der Waals surface area contributed by atoms with Gasteiger partial charge < -0.3 is 4.57 Å². The molecule has 0 radical (unpaired) electrons. The van der Waals surface area contributed by atoms with Crippen molar-refractivity contribution in [3.63, 3.8) is 0 Å². The molecule has 0 saturated carbocycles. The van der Waals surface area contributed by atoms with E-state index in [1.165, 1.54) is 27.2 Å². The molecule has 4 rings (SSSR count). The van der Waals surface area contributed by atoms with Gasteiger partial charge in [-0.3, -0.25) is 14.6 Å². The fourth-order valence-electron chi connectivity index (χ4n) is 3.33. The average Bonchev–Trinajstić information content (AvgIpc) is 2.74. The van der Waals surface area contributed by atoms with E-state index in [0.717, 1.165) is 12.8 Å². The van der Waals surface area contributed by atoms with Gasteiger partial charge in [-0.2, -0.15) is 0 Å². The summed E-state index contributed by atoms with van der Waals surface area (Å²) in [5.41, 5.74) is 0.252. The standard InChI is InChI=1S/C21H20N4O3S/c1-2-3-12-25-19(22)17(29(27,28)15-9-5-4-6-10-15)14-16-20(25)23-18-11-7-8-13-24(18)21(16)26/h4-11,13-14,22H,2-3,12H2,1H3. The second kappa shape index (κ2) is 7.29. The zero-order valence-electron chi connectivity index (χ0n) is 15.9. The first kappa shape index (κ1) is 19.1. The molecule has 0 spiro atoms. The normalized spacial score (nSPS) is 11.9. The van der Waals surface area contributed by atoms with Crippen LogP contribution in [0.4, 0.5) is 0 Å². The van der Waals surface area contributed by atoms with Crippen molar-refractivity contribution in [1.29, 1.82) is 5.41 Å². The molecule has 1 aromatic carbocycles. The van der Waals surface area contributed by atoms with Crippen molar-refractivity contribution in [2.75, 3.05) is 0 Å². The number of benzene rings is 1. The molecule has 0 aliphatic carbocycles. The van der Waals surface area contributed by atoms with E-state index < -0.39 is 9.84 Å². The first-order valence-electron chi connectivity index (χ1n) is 9.35. The van der Waals surface area contributed by atoms with Crippen molar-refractivity contribution in [3.8, 4) is 0 Å². The molecule has 0 aliphatic rings. The van der Waals surface area contributed by atoms with Gasteiger partial charge in [-0.25, -0.2) is 13.4 Å². The minimum absolute atomic E-state index is 0.0868. The van der Waals surface area contributed by atoms with Gasteiger partial charge in [-0.1, -0.05) is 37.6 Å². The molecule has 0 fully saturated rings. The Morgan fingerprint density at radius 1 is 1.07 bits per heavy atom. The lowest BCUT2D eigenvalue weighted by atomic mass is 10.2. The fourth-order valence-corrected chi connectivity index (χ4v) is 4.73. The fraction of sp³-hybridized carbons (Fsp3) is 0.190. The molecule has 0 atom stereocenters. The lowest BCUT2D eigenvalue weighted by Gasteiger charge is -2.14. The van der Waals surface area contributed by atoms with Crippen molar-refractivity contribution in [2.24, 2.45) is 0 Å². The Balaban J connectivity index is 2.13. The maximum Gasteiger partial charge on any atom is 0.267 e. The molecule has 3 heterocycles. The highest BCUT2D eigenvalue weighted by Gasteiger charge is 2.23. The molecule has 0 saturated heterocycles. The predicted octanol–water partition coefficient (Wildman–Crippen LogP) is 2.76. The van der Waals surface area contributed by atoms with Gasteiger partial charge in [0.25, 0.3) is 5.56 Å². The molecule has 0 aliphatic heterocycles. The monoisotopic (exact) mass is 408 g/mol. The Bertz CT molecular complexity index is 1440. The van der Waals surface area contributed by atoms with Gasteiger partial charge in [0.2, 0.25) is 9.84 Å². The Hall–Kier alpha value is -3.26. The summed E-state index contributed by atoms with van der Waals surface area (Å²) >= 11 is 0. The quantitative estimate of drug-likeness (QED) is 0.514. The van der Waals surface area contributed by atoms with Crippen LogP contribution in [0.1, 0.15) is 19.8 Å². The number of nitrogens with one attached hydrogen (secondary N) is 1. The third-order valence-electron chi connectivity index (χ3n) is 4.86. The van der Waals surface area contributed by atoms with Gasteiger partial charge in [0.15, 0.2) is 0 Å². The molecule has 0 bridgehead atoms. The number of hydrogen-bond donors (Lipinski definition) is 1. The van der Waals surface area contributed by atoms with Crippen LogP contribution in [-0.4, -0.2) is 22.4 Å². The van der Waals surface area contributed by atoms with E-state index in [1.807, 2.05) is 6.92 Å². The molecule has 4 aromatic rings. The van der Waals surface area contributed by atoms with Crippen LogP contribution in [0.15, 0.2) is 75.4 Å². The Morgan fingerprint density at radius 2 is 1.79 bits per heavy atom. The number of hydrogen-bond acceptors (Lipinski definition) is 5. The highest BCUT2D eigenvalue weighted by molar-refractivity contribution is 7.91. The van der Waals surface area contributed by atoms with Gasteiger partial charge in [-0.05, 0) is 36.8 Å². The lowest BCUT2D eigenvalue weighted by Crippen LogP contribution is -2.30. The van der Waals surface area contributed by atoms with Crippen LogP contribution in [0.3, 0.4) is 0 Å². The van der Waals surface area contributed by atoms with Crippen molar-refractivity contribution in [3.05, 3.63) is 76.6 Å². The van der Waals surface area contributed by atoms with Gasteiger partial charge in [0, 0.05) is 12.7 Å². The zero-order chi connectivity index (χ0) is 20.6. The Morgan fingerprint density at radius 3 is 2.52 bits per heavy atom. The largest absolute Gasteiger partial charge is 0.310 e. The second-order valence-corrected chi connectivity index (χ2v) is 8.68. The van der Waals surface area contributed by atoms with E-state index in [0.29, 0.717) is 17.8 Å². The third-order valence-corrected chi connectivity index (χ3v) is 6.64. The lowest BCUT2D eigenvalue weighted by molar-refractivity contribution is 0.580. The van der Waals surface area contributed by atoms with Crippen LogP contribution < -0.4 is 11.0 Å². The molecule has 148 valence electrons. The molecule has 1 N–H and O–H groups in total. The number of rotatable bonds is 5. The van der Waals surface area contributed by atoms with Gasteiger partial charge in [0.05, 0.1) is 10.3 Å². The number of aryl methyl sites for hydroxylation is 1. The van der Waals surface area contributed by atoms with E-state index in [-0.39, 0.29) is 26.2 Å². The SMILES string of the molecule is CCCCn1c(=N)c(S(=O)(=O)c2ccccc2)cc2c(=O)n3ccccc3nc21. The summed E-state index contributed by atoms with van der Waals surface area (Å²) < 4.78 is 29.4. The molecular weight excluding hydrogens is 388 g/mol. The maximum absolute atomic E-state index is 13.2. The predicted molar refractivity (Wildman–Crippen MR) is 110 cm³/mol. The van der Waals surface area contributed by atoms with Gasteiger partial charge in [-0.15, -0.1) is 0 Å². The Kier molecular flexibility index (Phi) is 4.79. The highest BCUT2D eigenvalue weighted by atomic mass is 32.2. The van der Waals surface area contributed by atoms with Crippen LogP contribution in [-0.2, 0) is 16.4 Å². The van der Waals surface area contributed by atoms with E-state index in [2.05, 4.69) is 4.98 Å². The summed E-state index contributed by atoms with van der Waals surface area (Å²) in [5, 5.41) is 8.80. The first-order valence-corrected chi connectivity index (χ1v) is 10.8. The summed E-state index contributed by atoms with van der Waals surface area (Å²) in [5.74, 6) is 0. The molecule has 8 heteroatoms. The summed E-state index contributed by atoms with van der Waals surface area (Å²) in [6, 6.07) is 14.5. The molecule has 0 amide bonds. The van der Waals surface area contributed by atoms with Crippen molar-refractivity contribution >= 4 is 26.5 Å². The van der Waals surface area contributed by atoms with Crippen molar-refractivity contribution in [2.45, 2.75) is 36.1 Å². The van der Waals surface area contributed by atoms with E-state index in [9.17, 15) is 13.2 Å². The van der Waals surface area contributed by atoms with Gasteiger partial charge >= 0.3 is 0 Å². The summed E-state index contributed by atoms with van der Waals surface area (Å²) in [6.07, 6.45) is 3.19. The number of sulfone groups is 1. The Labute approximate surface area is 167 Å². The van der Waals surface area contributed by atoms with Crippen LogP contribution in [0.2, 0.25) is 0 Å². The summed E-state index contributed by atoms with van der Waals surface area (Å²) in [6.45, 7) is 2.41. The van der Waals surface area contributed by atoms with Crippen LogP contribution in [0, 0.1) is 5.41 Å².